The number of nitrogens with one attached hydrogen (secondary N) is 2. The van der Waals surface area contributed by atoms with Gasteiger partial charge in [0.1, 0.15) is 0 Å². The van der Waals surface area contributed by atoms with Gasteiger partial charge in [0, 0.05) is 25.7 Å². The fraction of sp³-hybridized carbons (Fsp3) is 0.455. The van der Waals surface area contributed by atoms with Crippen molar-refractivity contribution < 1.29 is 4.42 Å². The number of piperazine rings is 1. The number of halogens is 1. The van der Waals surface area contributed by atoms with E-state index in [0.717, 1.165) is 25.2 Å². The molecule has 3 rings (SSSR count). The molecule has 0 saturated carbocycles. The lowest BCUT2D eigenvalue weighted by Gasteiger charge is -2.30. The van der Waals surface area contributed by atoms with Crippen LogP contribution in [0.1, 0.15) is 6.92 Å². The molecule has 0 bridgehead atoms. The fourth-order valence-corrected chi connectivity index (χ4v) is 2.30. The molecule has 2 aromatic heterocycles. The largest absolute Gasteiger partial charge is 0.452 e. The zero-order chi connectivity index (χ0) is 12.5. The van der Waals surface area contributed by atoms with Crippen molar-refractivity contribution in [3.05, 3.63) is 17.5 Å². The lowest BCUT2D eigenvalue weighted by atomic mass is 10.2. The highest BCUT2D eigenvalue weighted by molar-refractivity contribution is 6.31. The van der Waals surface area contributed by atoms with E-state index < -0.39 is 0 Å². The molecule has 0 amide bonds. The van der Waals surface area contributed by atoms with E-state index >= 15 is 0 Å². The first kappa shape index (κ1) is 11.6. The summed E-state index contributed by atoms with van der Waals surface area (Å²) in [6, 6.07) is 2.21. The van der Waals surface area contributed by atoms with Crippen molar-refractivity contribution in [2.24, 2.45) is 0 Å². The van der Waals surface area contributed by atoms with Crippen LogP contribution in [0.15, 0.2) is 16.7 Å². The maximum absolute atomic E-state index is 5.91. The van der Waals surface area contributed by atoms with Crippen molar-refractivity contribution in [1.29, 1.82) is 0 Å². The Morgan fingerprint density at radius 1 is 1.56 bits per heavy atom. The molecule has 2 aromatic rings. The van der Waals surface area contributed by atoms with Gasteiger partial charge in [-0.2, -0.15) is 4.98 Å². The Morgan fingerprint density at radius 2 is 2.44 bits per heavy atom. The number of aromatic nitrogens is 3. The van der Waals surface area contributed by atoms with Gasteiger partial charge in [-0.05, 0) is 24.6 Å². The van der Waals surface area contributed by atoms with Crippen molar-refractivity contribution in [2.75, 3.05) is 24.5 Å². The van der Waals surface area contributed by atoms with E-state index in [9.17, 15) is 0 Å². The Hall–Kier alpha value is -1.53. The molecule has 1 saturated heterocycles. The number of hydrogen-bond donors (Lipinski definition) is 2. The van der Waals surface area contributed by atoms with Crippen LogP contribution in [0, 0.1) is 0 Å². The summed E-state index contributed by atoms with van der Waals surface area (Å²) in [5.41, 5.74) is 0.735. The average Bonchev–Trinajstić information content (AvgIpc) is 2.97. The topological polar surface area (TPSA) is 70.0 Å². The summed E-state index contributed by atoms with van der Waals surface area (Å²) in [6.07, 6.45) is 1.53. The highest BCUT2D eigenvalue weighted by Crippen LogP contribution is 2.27. The molecule has 1 aliphatic rings. The van der Waals surface area contributed by atoms with Gasteiger partial charge >= 0.3 is 0 Å². The molecule has 0 aromatic carbocycles. The minimum atomic E-state index is 0.325. The molecule has 2 N–H and O–H groups in total. The fourth-order valence-electron chi connectivity index (χ4n) is 2.09. The van der Waals surface area contributed by atoms with Gasteiger partial charge in [-0.3, -0.25) is 5.10 Å². The molecular formula is C11H14ClN5O. The minimum absolute atomic E-state index is 0.325. The molecular weight excluding hydrogens is 254 g/mol. The number of nitrogens with zero attached hydrogens (tertiary/aromatic N) is 3. The highest BCUT2D eigenvalue weighted by Gasteiger charge is 2.20. The molecule has 18 heavy (non-hydrogen) atoms. The monoisotopic (exact) mass is 267 g/mol. The molecule has 7 heteroatoms. The summed E-state index contributed by atoms with van der Waals surface area (Å²) < 4.78 is 5.04. The van der Waals surface area contributed by atoms with Gasteiger partial charge in [0.2, 0.25) is 11.2 Å². The third-order valence-electron chi connectivity index (χ3n) is 3.00. The summed E-state index contributed by atoms with van der Waals surface area (Å²) in [5, 5.41) is 10.8. The zero-order valence-corrected chi connectivity index (χ0v) is 10.7. The van der Waals surface area contributed by atoms with Gasteiger partial charge in [0.25, 0.3) is 0 Å². The smallest absolute Gasteiger partial charge is 0.245 e. The van der Waals surface area contributed by atoms with E-state index in [4.69, 9.17) is 16.0 Å². The van der Waals surface area contributed by atoms with Gasteiger partial charge in [-0.15, -0.1) is 5.10 Å². The van der Waals surface area contributed by atoms with Gasteiger partial charge in [0.05, 0.1) is 11.8 Å². The molecule has 3 heterocycles. The van der Waals surface area contributed by atoms with Crippen molar-refractivity contribution in [2.45, 2.75) is 13.0 Å². The van der Waals surface area contributed by atoms with Crippen LogP contribution in [0.25, 0.3) is 11.4 Å². The number of furan rings is 1. The first-order valence-electron chi connectivity index (χ1n) is 5.88. The molecule has 0 spiro atoms. The standard InChI is InChI=1S/C11H14ClN5O/c1-7-6-17(4-3-13-7)11-14-10(15-16-11)8-2-5-18-9(8)12/h2,5,7,13H,3-4,6H2,1H3,(H,14,15,16). The predicted molar refractivity (Wildman–Crippen MR) is 68.8 cm³/mol. The number of aromatic amines is 1. The maximum atomic E-state index is 5.91. The number of anilines is 1. The Bertz CT molecular complexity index is 537. The molecule has 1 atom stereocenters. The van der Waals surface area contributed by atoms with Crippen LogP contribution in [-0.4, -0.2) is 40.9 Å². The molecule has 0 radical (unpaired) electrons. The van der Waals surface area contributed by atoms with E-state index in [2.05, 4.69) is 32.3 Å². The molecule has 96 valence electrons. The number of hydrogen-bond acceptors (Lipinski definition) is 5. The summed E-state index contributed by atoms with van der Waals surface area (Å²) in [6.45, 7) is 4.89. The molecule has 1 fully saturated rings. The third kappa shape index (κ3) is 2.09. The van der Waals surface area contributed by atoms with Crippen molar-refractivity contribution in [1.82, 2.24) is 20.5 Å². The second-order valence-electron chi connectivity index (χ2n) is 4.39. The Morgan fingerprint density at radius 3 is 3.17 bits per heavy atom. The first-order valence-corrected chi connectivity index (χ1v) is 6.26. The van der Waals surface area contributed by atoms with Crippen LogP contribution in [0.5, 0.6) is 0 Å². The van der Waals surface area contributed by atoms with E-state index in [1.165, 1.54) is 6.26 Å². The van der Waals surface area contributed by atoms with Crippen LogP contribution < -0.4 is 10.2 Å². The van der Waals surface area contributed by atoms with Crippen LogP contribution >= 0.6 is 11.6 Å². The Balaban J connectivity index is 1.83. The van der Waals surface area contributed by atoms with Crippen LogP contribution in [0.2, 0.25) is 5.22 Å². The normalized spacial score (nSPS) is 20.3. The van der Waals surface area contributed by atoms with Gasteiger partial charge in [-0.25, -0.2) is 0 Å². The lowest BCUT2D eigenvalue weighted by molar-refractivity contribution is 0.480. The van der Waals surface area contributed by atoms with Crippen LogP contribution in [0.4, 0.5) is 5.95 Å². The van der Waals surface area contributed by atoms with Crippen LogP contribution in [-0.2, 0) is 0 Å². The van der Waals surface area contributed by atoms with E-state index in [0.29, 0.717) is 23.0 Å². The molecule has 1 aliphatic heterocycles. The van der Waals surface area contributed by atoms with E-state index in [1.54, 1.807) is 6.07 Å². The second kappa shape index (κ2) is 4.62. The van der Waals surface area contributed by atoms with Crippen molar-refractivity contribution in [3.63, 3.8) is 0 Å². The maximum Gasteiger partial charge on any atom is 0.245 e. The zero-order valence-electron chi connectivity index (χ0n) is 9.98. The summed E-state index contributed by atoms with van der Waals surface area (Å²) in [4.78, 5) is 6.61. The Kier molecular flexibility index (Phi) is 2.97. The van der Waals surface area contributed by atoms with Crippen molar-refractivity contribution >= 4 is 17.5 Å². The predicted octanol–water partition coefficient (Wildman–Crippen LogP) is 1.52. The third-order valence-corrected chi connectivity index (χ3v) is 3.29. The molecule has 0 aliphatic carbocycles. The van der Waals surface area contributed by atoms with E-state index in [-0.39, 0.29) is 0 Å². The summed E-state index contributed by atoms with van der Waals surface area (Å²) in [7, 11) is 0. The first-order chi connectivity index (χ1) is 8.74. The van der Waals surface area contributed by atoms with Gasteiger partial charge < -0.3 is 14.6 Å². The minimum Gasteiger partial charge on any atom is -0.452 e. The van der Waals surface area contributed by atoms with E-state index in [1.807, 2.05) is 0 Å². The highest BCUT2D eigenvalue weighted by atomic mass is 35.5. The van der Waals surface area contributed by atoms with Crippen LogP contribution in [0.3, 0.4) is 0 Å². The molecule has 6 nitrogen and oxygen atoms in total. The quantitative estimate of drug-likeness (QED) is 0.863. The SMILES string of the molecule is CC1CN(c2n[nH]c(-c3ccoc3Cl)n2)CCN1. The van der Waals surface area contributed by atoms with Crippen molar-refractivity contribution in [3.8, 4) is 11.4 Å². The number of rotatable bonds is 2. The average molecular weight is 268 g/mol. The Labute approximate surface area is 109 Å². The lowest BCUT2D eigenvalue weighted by Crippen LogP contribution is -2.49. The second-order valence-corrected chi connectivity index (χ2v) is 4.74. The molecule has 1 unspecified atom stereocenters. The van der Waals surface area contributed by atoms with Gasteiger partial charge in [-0.1, -0.05) is 0 Å². The summed E-state index contributed by atoms with van der Waals surface area (Å²) in [5.74, 6) is 1.34. The number of H-pyrrole nitrogens is 1. The van der Waals surface area contributed by atoms with Gasteiger partial charge in [0.15, 0.2) is 5.82 Å². The summed E-state index contributed by atoms with van der Waals surface area (Å²) >= 11 is 5.91.